The van der Waals surface area contributed by atoms with Gasteiger partial charge in [-0.1, -0.05) is 0 Å². The van der Waals surface area contributed by atoms with Crippen molar-refractivity contribution in [2.24, 2.45) is 0 Å². The number of nitrogens with one attached hydrogen (secondary N) is 1. The Morgan fingerprint density at radius 3 is 2.63 bits per heavy atom. The van der Waals surface area contributed by atoms with Crippen molar-refractivity contribution < 1.29 is 9.47 Å². The number of rotatable bonds is 8. The molecule has 3 fully saturated rings. The summed E-state index contributed by atoms with van der Waals surface area (Å²) in [5, 5.41) is 3.55. The molecule has 3 rings (SSSR count). The highest BCUT2D eigenvalue weighted by Gasteiger charge is 2.28. The van der Waals surface area contributed by atoms with Gasteiger partial charge in [-0.3, -0.25) is 0 Å². The maximum absolute atomic E-state index is 6.01. The summed E-state index contributed by atoms with van der Waals surface area (Å²) in [5.41, 5.74) is 0. The van der Waals surface area contributed by atoms with Crippen LogP contribution in [-0.4, -0.2) is 62.5 Å². The maximum atomic E-state index is 6.01. The van der Waals surface area contributed by atoms with E-state index in [1.807, 2.05) is 0 Å². The summed E-state index contributed by atoms with van der Waals surface area (Å²) < 4.78 is 11.8. The largest absolute Gasteiger partial charge is 0.377 e. The quantitative estimate of drug-likeness (QED) is 0.675. The molecule has 2 aliphatic heterocycles. The Hall–Kier alpha value is -0.160. The molecule has 0 spiro atoms. The highest BCUT2D eigenvalue weighted by Crippen LogP contribution is 2.22. The van der Waals surface area contributed by atoms with Crippen molar-refractivity contribution in [2.75, 3.05) is 39.4 Å². The van der Waals surface area contributed by atoms with Crippen LogP contribution in [-0.2, 0) is 9.47 Å². The Labute approximate surface area is 116 Å². The first-order valence-corrected chi connectivity index (χ1v) is 8.09. The number of likely N-dealkylation sites (tertiary alicyclic amines) is 1. The number of hydrogen-bond donors (Lipinski definition) is 1. The zero-order valence-corrected chi connectivity index (χ0v) is 12.0. The molecule has 4 nitrogen and oxygen atoms in total. The molecular weight excluding hydrogens is 240 g/mol. The van der Waals surface area contributed by atoms with E-state index in [4.69, 9.17) is 9.47 Å². The molecule has 2 unspecified atom stereocenters. The summed E-state index contributed by atoms with van der Waals surface area (Å²) in [6, 6.07) is 0.791. The monoisotopic (exact) mass is 268 g/mol. The Balaban J connectivity index is 1.20. The fraction of sp³-hybridized carbons (Fsp3) is 1.00. The van der Waals surface area contributed by atoms with Crippen LogP contribution >= 0.6 is 0 Å². The van der Waals surface area contributed by atoms with Gasteiger partial charge in [-0.2, -0.15) is 0 Å². The minimum Gasteiger partial charge on any atom is -0.377 e. The van der Waals surface area contributed by atoms with Crippen LogP contribution in [0.5, 0.6) is 0 Å². The van der Waals surface area contributed by atoms with Gasteiger partial charge < -0.3 is 19.7 Å². The van der Waals surface area contributed by atoms with Gasteiger partial charge >= 0.3 is 0 Å². The van der Waals surface area contributed by atoms with Crippen molar-refractivity contribution in [3.63, 3.8) is 0 Å². The Kier molecular flexibility index (Phi) is 5.10. The SMILES string of the molecule is C1CCN(CCOCC2CCC(CNC3CC3)O2)C1. The molecule has 2 saturated heterocycles. The molecule has 1 aliphatic carbocycles. The predicted octanol–water partition coefficient (Wildman–Crippen LogP) is 1.40. The van der Waals surface area contributed by atoms with Gasteiger partial charge in [0.25, 0.3) is 0 Å². The lowest BCUT2D eigenvalue weighted by atomic mass is 10.2. The van der Waals surface area contributed by atoms with E-state index in [1.54, 1.807) is 0 Å². The first-order chi connectivity index (χ1) is 9.40. The van der Waals surface area contributed by atoms with Crippen LogP contribution in [0.15, 0.2) is 0 Å². The molecule has 0 aromatic carbocycles. The van der Waals surface area contributed by atoms with Gasteiger partial charge in [0, 0.05) is 19.1 Å². The molecule has 19 heavy (non-hydrogen) atoms. The zero-order valence-electron chi connectivity index (χ0n) is 12.0. The lowest BCUT2D eigenvalue weighted by Crippen LogP contribution is -2.30. The van der Waals surface area contributed by atoms with Crippen molar-refractivity contribution in [1.29, 1.82) is 0 Å². The van der Waals surface area contributed by atoms with E-state index in [2.05, 4.69) is 10.2 Å². The smallest absolute Gasteiger partial charge is 0.0813 e. The Morgan fingerprint density at radius 1 is 1.05 bits per heavy atom. The van der Waals surface area contributed by atoms with Gasteiger partial charge in [-0.05, 0) is 51.6 Å². The molecule has 0 radical (unpaired) electrons. The molecule has 3 aliphatic rings. The maximum Gasteiger partial charge on any atom is 0.0813 e. The third kappa shape index (κ3) is 4.71. The first-order valence-electron chi connectivity index (χ1n) is 8.09. The van der Waals surface area contributed by atoms with Gasteiger partial charge in [-0.15, -0.1) is 0 Å². The highest BCUT2D eigenvalue weighted by molar-refractivity contribution is 4.84. The Morgan fingerprint density at radius 2 is 1.84 bits per heavy atom. The average Bonchev–Trinajstić information content (AvgIpc) is 2.91. The summed E-state index contributed by atoms with van der Waals surface area (Å²) in [6.07, 6.45) is 8.56. The van der Waals surface area contributed by atoms with Gasteiger partial charge in [0.2, 0.25) is 0 Å². The van der Waals surface area contributed by atoms with E-state index in [9.17, 15) is 0 Å². The minimum absolute atomic E-state index is 0.338. The summed E-state index contributed by atoms with van der Waals surface area (Å²) in [4.78, 5) is 2.50. The molecule has 0 bridgehead atoms. The van der Waals surface area contributed by atoms with E-state index >= 15 is 0 Å². The molecule has 2 heterocycles. The number of nitrogens with zero attached hydrogens (tertiary/aromatic N) is 1. The molecule has 0 amide bonds. The molecule has 0 aromatic rings. The molecular formula is C15H28N2O2. The standard InChI is InChI=1S/C15H28N2O2/c1-2-8-17(7-1)9-10-18-12-15-6-5-14(19-15)11-16-13-3-4-13/h13-16H,1-12H2. The van der Waals surface area contributed by atoms with E-state index in [0.29, 0.717) is 12.2 Å². The van der Waals surface area contributed by atoms with Crippen LogP contribution < -0.4 is 5.32 Å². The first kappa shape index (κ1) is 13.8. The van der Waals surface area contributed by atoms with E-state index in [1.165, 1.54) is 51.6 Å². The van der Waals surface area contributed by atoms with E-state index < -0.39 is 0 Å². The highest BCUT2D eigenvalue weighted by atomic mass is 16.5. The summed E-state index contributed by atoms with van der Waals surface area (Å²) in [7, 11) is 0. The third-order valence-corrected chi connectivity index (χ3v) is 4.46. The normalized spacial score (nSPS) is 32.2. The van der Waals surface area contributed by atoms with Gasteiger partial charge in [0.05, 0.1) is 25.4 Å². The molecule has 2 atom stereocenters. The fourth-order valence-corrected chi connectivity index (χ4v) is 3.05. The predicted molar refractivity (Wildman–Crippen MR) is 75.4 cm³/mol. The van der Waals surface area contributed by atoms with Gasteiger partial charge in [0.15, 0.2) is 0 Å². The van der Waals surface area contributed by atoms with Crippen molar-refractivity contribution >= 4 is 0 Å². The second-order valence-corrected chi connectivity index (χ2v) is 6.26. The number of ether oxygens (including phenoxy) is 2. The molecule has 4 heteroatoms. The van der Waals surface area contributed by atoms with Crippen molar-refractivity contribution in [2.45, 2.75) is 56.8 Å². The van der Waals surface area contributed by atoms with Crippen molar-refractivity contribution in [1.82, 2.24) is 10.2 Å². The zero-order chi connectivity index (χ0) is 12.9. The summed E-state index contributed by atoms with van der Waals surface area (Å²) >= 11 is 0. The third-order valence-electron chi connectivity index (χ3n) is 4.46. The van der Waals surface area contributed by atoms with Crippen molar-refractivity contribution in [3.8, 4) is 0 Å². The second-order valence-electron chi connectivity index (χ2n) is 6.26. The van der Waals surface area contributed by atoms with Crippen LogP contribution in [0, 0.1) is 0 Å². The second kappa shape index (κ2) is 7.02. The summed E-state index contributed by atoms with van der Waals surface area (Å²) in [6.45, 7) is 6.31. The van der Waals surface area contributed by atoms with Crippen LogP contribution in [0.3, 0.4) is 0 Å². The fourth-order valence-electron chi connectivity index (χ4n) is 3.05. The molecule has 1 saturated carbocycles. The molecule has 0 aromatic heterocycles. The Bertz CT molecular complexity index is 265. The topological polar surface area (TPSA) is 33.7 Å². The number of hydrogen-bond acceptors (Lipinski definition) is 4. The summed E-state index contributed by atoms with van der Waals surface area (Å²) in [5.74, 6) is 0. The van der Waals surface area contributed by atoms with Crippen LogP contribution in [0.25, 0.3) is 0 Å². The van der Waals surface area contributed by atoms with Gasteiger partial charge in [0.1, 0.15) is 0 Å². The molecule has 1 N–H and O–H groups in total. The van der Waals surface area contributed by atoms with Crippen LogP contribution in [0.4, 0.5) is 0 Å². The molecule has 110 valence electrons. The van der Waals surface area contributed by atoms with E-state index in [-0.39, 0.29) is 0 Å². The van der Waals surface area contributed by atoms with Gasteiger partial charge in [-0.25, -0.2) is 0 Å². The minimum atomic E-state index is 0.338. The van der Waals surface area contributed by atoms with Crippen LogP contribution in [0.2, 0.25) is 0 Å². The average molecular weight is 268 g/mol. The van der Waals surface area contributed by atoms with E-state index in [0.717, 1.165) is 32.3 Å². The lowest BCUT2D eigenvalue weighted by molar-refractivity contribution is -0.0173. The lowest BCUT2D eigenvalue weighted by Gasteiger charge is -2.17. The van der Waals surface area contributed by atoms with Crippen molar-refractivity contribution in [3.05, 3.63) is 0 Å². The van der Waals surface area contributed by atoms with Crippen LogP contribution in [0.1, 0.15) is 38.5 Å².